The van der Waals surface area contributed by atoms with Crippen LogP contribution in [0, 0.1) is 20.8 Å². The third-order valence-corrected chi connectivity index (χ3v) is 4.96. The van der Waals surface area contributed by atoms with Crippen molar-refractivity contribution in [3.8, 4) is 0 Å². The molecule has 1 aromatic rings. The summed E-state index contributed by atoms with van der Waals surface area (Å²) in [6.45, 7) is 9.63. The molecule has 2 rings (SSSR count). The highest BCUT2D eigenvalue weighted by Crippen LogP contribution is 2.30. The van der Waals surface area contributed by atoms with Crippen LogP contribution >= 0.6 is 0 Å². The fourth-order valence-corrected chi connectivity index (χ4v) is 3.88. The van der Waals surface area contributed by atoms with E-state index in [1.165, 1.54) is 35.1 Å². The zero-order valence-electron chi connectivity index (χ0n) is 14.3. The Morgan fingerprint density at radius 1 is 1.14 bits per heavy atom. The molecule has 1 unspecified atom stereocenters. The number of piperidine rings is 1. The van der Waals surface area contributed by atoms with Gasteiger partial charge in [0, 0.05) is 31.7 Å². The highest BCUT2D eigenvalue weighted by atomic mass is 15.2. The number of nitrogens with two attached hydrogens (primary N) is 1. The van der Waals surface area contributed by atoms with Crippen LogP contribution in [0.1, 0.15) is 41.1 Å². The number of rotatable bonds is 4. The number of benzene rings is 1. The lowest BCUT2D eigenvalue weighted by Gasteiger charge is -2.40. The second kappa shape index (κ2) is 6.91. The van der Waals surface area contributed by atoms with Crippen LogP contribution in [-0.2, 0) is 0 Å². The van der Waals surface area contributed by atoms with Gasteiger partial charge in [-0.05, 0) is 64.4 Å². The topological polar surface area (TPSA) is 32.5 Å². The van der Waals surface area contributed by atoms with Crippen molar-refractivity contribution in [2.75, 3.05) is 33.7 Å². The van der Waals surface area contributed by atoms with Crippen LogP contribution in [0.25, 0.3) is 0 Å². The normalized spacial score (nSPS) is 19.2. The lowest BCUT2D eigenvalue weighted by Crippen LogP contribution is -2.45. The molecule has 0 spiro atoms. The maximum Gasteiger partial charge on any atom is 0.0475 e. The molecular weight excluding hydrogens is 258 g/mol. The van der Waals surface area contributed by atoms with Gasteiger partial charge in [-0.3, -0.25) is 4.90 Å². The zero-order chi connectivity index (χ0) is 15.6. The minimum Gasteiger partial charge on any atom is -0.329 e. The molecule has 1 saturated heterocycles. The Balaban J connectivity index is 2.18. The van der Waals surface area contributed by atoms with E-state index >= 15 is 0 Å². The summed E-state index contributed by atoms with van der Waals surface area (Å²) in [5.41, 5.74) is 11.7. The van der Waals surface area contributed by atoms with Gasteiger partial charge in [0.2, 0.25) is 0 Å². The Morgan fingerprint density at radius 3 is 2.10 bits per heavy atom. The van der Waals surface area contributed by atoms with Crippen molar-refractivity contribution in [1.29, 1.82) is 0 Å². The Hall–Kier alpha value is -0.900. The van der Waals surface area contributed by atoms with Crippen molar-refractivity contribution in [2.45, 2.75) is 45.7 Å². The van der Waals surface area contributed by atoms with Crippen LogP contribution in [-0.4, -0.2) is 49.6 Å². The SMILES string of the molecule is Cc1cc(C)c(C(CN)N2CCC(N(C)C)CC2)c(C)c1. The molecule has 21 heavy (non-hydrogen) atoms. The standard InChI is InChI=1S/C18H31N3/c1-13-10-14(2)18(15(3)11-13)17(12-19)21-8-6-16(7-9-21)20(4)5/h10-11,16-17H,6-9,12,19H2,1-5H3. The predicted octanol–water partition coefficient (Wildman–Crippen LogP) is 2.64. The van der Waals surface area contributed by atoms with Crippen molar-refractivity contribution in [2.24, 2.45) is 5.73 Å². The maximum absolute atomic E-state index is 6.15. The molecule has 0 aromatic heterocycles. The molecule has 1 atom stereocenters. The van der Waals surface area contributed by atoms with Crippen molar-refractivity contribution in [1.82, 2.24) is 9.80 Å². The molecule has 1 heterocycles. The van der Waals surface area contributed by atoms with E-state index in [0.717, 1.165) is 19.1 Å². The van der Waals surface area contributed by atoms with Gasteiger partial charge in [-0.2, -0.15) is 0 Å². The van der Waals surface area contributed by atoms with E-state index in [4.69, 9.17) is 5.73 Å². The van der Waals surface area contributed by atoms with Gasteiger partial charge in [-0.25, -0.2) is 0 Å². The Morgan fingerprint density at radius 2 is 1.67 bits per heavy atom. The number of aryl methyl sites for hydroxylation is 3. The number of hydrogen-bond acceptors (Lipinski definition) is 3. The first-order chi connectivity index (χ1) is 9.93. The fraction of sp³-hybridized carbons (Fsp3) is 0.667. The summed E-state index contributed by atoms with van der Waals surface area (Å²) < 4.78 is 0. The minimum atomic E-state index is 0.369. The summed E-state index contributed by atoms with van der Waals surface area (Å²) in [5, 5.41) is 0. The molecule has 0 amide bonds. The van der Waals surface area contributed by atoms with Gasteiger partial charge in [0.05, 0.1) is 0 Å². The number of likely N-dealkylation sites (tertiary alicyclic amines) is 1. The number of hydrogen-bond donors (Lipinski definition) is 1. The van der Waals surface area contributed by atoms with E-state index in [1.807, 2.05) is 0 Å². The van der Waals surface area contributed by atoms with Crippen molar-refractivity contribution in [3.05, 3.63) is 34.4 Å². The molecule has 1 aromatic carbocycles. The average Bonchev–Trinajstić information content (AvgIpc) is 2.42. The quantitative estimate of drug-likeness (QED) is 0.925. The highest BCUT2D eigenvalue weighted by Gasteiger charge is 2.27. The maximum atomic E-state index is 6.15. The van der Waals surface area contributed by atoms with Crippen LogP contribution in [0.5, 0.6) is 0 Å². The highest BCUT2D eigenvalue weighted by molar-refractivity contribution is 5.40. The lowest BCUT2D eigenvalue weighted by molar-refractivity contribution is 0.110. The third-order valence-electron chi connectivity index (χ3n) is 4.96. The van der Waals surface area contributed by atoms with E-state index in [-0.39, 0.29) is 0 Å². The summed E-state index contributed by atoms with van der Waals surface area (Å²) in [6, 6.07) is 5.67. The van der Waals surface area contributed by atoms with Crippen LogP contribution in [0.2, 0.25) is 0 Å². The van der Waals surface area contributed by atoms with E-state index in [0.29, 0.717) is 12.6 Å². The van der Waals surface area contributed by atoms with Crippen LogP contribution in [0.3, 0.4) is 0 Å². The molecule has 3 nitrogen and oxygen atoms in total. The van der Waals surface area contributed by atoms with E-state index in [9.17, 15) is 0 Å². The van der Waals surface area contributed by atoms with Gasteiger partial charge in [0.25, 0.3) is 0 Å². The van der Waals surface area contributed by atoms with Gasteiger partial charge in [0.1, 0.15) is 0 Å². The molecule has 2 N–H and O–H groups in total. The minimum absolute atomic E-state index is 0.369. The molecular formula is C18H31N3. The first kappa shape index (κ1) is 16.5. The van der Waals surface area contributed by atoms with Gasteiger partial charge < -0.3 is 10.6 Å². The summed E-state index contributed by atoms with van der Waals surface area (Å²) in [7, 11) is 4.38. The summed E-state index contributed by atoms with van der Waals surface area (Å²) >= 11 is 0. The monoisotopic (exact) mass is 289 g/mol. The lowest BCUT2D eigenvalue weighted by atomic mass is 9.91. The van der Waals surface area contributed by atoms with Crippen LogP contribution in [0.15, 0.2) is 12.1 Å². The predicted molar refractivity (Wildman–Crippen MR) is 90.7 cm³/mol. The molecule has 0 saturated carbocycles. The van der Waals surface area contributed by atoms with Crippen LogP contribution in [0.4, 0.5) is 0 Å². The Labute approximate surface area is 130 Å². The molecule has 0 radical (unpaired) electrons. The van der Waals surface area contributed by atoms with Gasteiger partial charge in [0.15, 0.2) is 0 Å². The first-order valence-corrected chi connectivity index (χ1v) is 8.12. The molecule has 1 aliphatic heterocycles. The molecule has 1 aliphatic rings. The van der Waals surface area contributed by atoms with E-state index < -0.39 is 0 Å². The molecule has 3 heteroatoms. The number of nitrogens with zero attached hydrogens (tertiary/aromatic N) is 2. The summed E-state index contributed by atoms with van der Waals surface area (Å²) in [5.74, 6) is 0. The van der Waals surface area contributed by atoms with Crippen LogP contribution < -0.4 is 5.73 Å². The summed E-state index contributed by atoms with van der Waals surface area (Å²) in [6.07, 6.45) is 2.49. The molecule has 0 aliphatic carbocycles. The van der Waals surface area contributed by atoms with E-state index in [2.05, 4.69) is 56.8 Å². The molecule has 1 fully saturated rings. The average molecular weight is 289 g/mol. The first-order valence-electron chi connectivity index (χ1n) is 8.12. The van der Waals surface area contributed by atoms with Gasteiger partial charge >= 0.3 is 0 Å². The fourth-order valence-electron chi connectivity index (χ4n) is 3.88. The zero-order valence-corrected chi connectivity index (χ0v) is 14.3. The smallest absolute Gasteiger partial charge is 0.0475 e. The molecule has 0 bridgehead atoms. The molecule has 118 valence electrons. The van der Waals surface area contributed by atoms with Gasteiger partial charge in [-0.15, -0.1) is 0 Å². The summed E-state index contributed by atoms with van der Waals surface area (Å²) in [4.78, 5) is 4.95. The Bertz CT molecular complexity index is 450. The Kier molecular flexibility index (Phi) is 5.42. The second-order valence-corrected chi connectivity index (χ2v) is 6.79. The van der Waals surface area contributed by atoms with Crippen molar-refractivity contribution in [3.63, 3.8) is 0 Å². The third kappa shape index (κ3) is 3.65. The largest absolute Gasteiger partial charge is 0.329 e. The second-order valence-electron chi connectivity index (χ2n) is 6.79. The van der Waals surface area contributed by atoms with Crippen molar-refractivity contribution < 1.29 is 0 Å². The van der Waals surface area contributed by atoms with E-state index in [1.54, 1.807) is 0 Å². The van der Waals surface area contributed by atoms with Gasteiger partial charge in [-0.1, -0.05) is 17.7 Å². The van der Waals surface area contributed by atoms with Crippen molar-refractivity contribution >= 4 is 0 Å².